The van der Waals surface area contributed by atoms with E-state index in [0.29, 0.717) is 6.54 Å². The van der Waals surface area contributed by atoms with Gasteiger partial charge in [-0.05, 0) is 17.7 Å². The van der Waals surface area contributed by atoms with Gasteiger partial charge in [-0.3, -0.25) is 14.9 Å². The van der Waals surface area contributed by atoms with E-state index in [1.807, 2.05) is 30.3 Å². The maximum absolute atomic E-state index is 13.3. The Kier molecular flexibility index (Phi) is 4.27. The summed E-state index contributed by atoms with van der Waals surface area (Å²) in [6, 6.07) is 12.5. The van der Waals surface area contributed by atoms with Crippen LogP contribution in [0.5, 0.6) is 0 Å². The van der Waals surface area contributed by atoms with Crippen LogP contribution in [0.2, 0.25) is 0 Å². The van der Waals surface area contributed by atoms with Crippen LogP contribution in [0.1, 0.15) is 15.9 Å². The van der Waals surface area contributed by atoms with Crippen molar-refractivity contribution in [3.8, 4) is 0 Å². The summed E-state index contributed by atoms with van der Waals surface area (Å²) in [6.07, 6.45) is 0. The van der Waals surface area contributed by atoms with Gasteiger partial charge in [-0.15, -0.1) is 0 Å². The van der Waals surface area contributed by atoms with Gasteiger partial charge in [0.2, 0.25) is 5.82 Å². The zero-order chi connectivity index (χ0) is 15.4. The molecule has 0 unspecified atom stereocenters. The number of hydrogen-bond donors (Lipinski definition) is 0. The van der Waals surface area contributed by atoms with Crippen LogP contribution in [0.15, 0.2) is 48.5 Å². The third-order valence-electron chi connectivity index (χ3n) is 3.00. The van der Waals surface area contributed by atoms with Gasteiger partial charge in [0.1, 0.15) is 0 Å². The predicted molar refractivity (Wildman–Crippen MR) is 75.3 cm³/mol. The van der Waals surface area contributed by atoms with Crippen LogP contribution in [-0.2, 0) is 6.54 Å². The molecule has 2 aromatic rings. The number of hydrogen-bond acceptors (Lipinski definition) is 3. The molecule has 0 bridgehead atoms. The Hall–Kier alpha value is -2.76. The molecular formula is C15H13FN2O3. The molecular weight excluding hydrogens is 275 g/mol. The first-order valence-electron chi connectivity index (χ1n) is 6.22. The molecule has 0 aliphatic carbocycles. The van der Waals surface area contributed by atoms with Crippen LogP contribution < -0.4 is 0 Å². The van der Waals surface area contributed by atoms with Gasteiger partial charge >= 0.3 is 5.69 Å². The average Bonchev–Trinajstić information content (AvgIpc) is 2.47. The van der Waals surface area contributed by atoms with Gasteiger partial charge in [0.25, 0.3) is 5.91 Å². The number of carbonyl (C=O) groups excluding carboxylic acids is 1. The molecule has 1 amide bonds. The van der Waals surface area contributed by atoms with Crippen molar-refractivity contribution in [3.05, 3.63) is 75.6 Å². The summed E-state index contributed by atoms with van der Waals surface area (Å²) in [5.41, 5.74) is 0.320. The van der Waals surface area contributed by atoms with Crippen molar-refractivity contribution in [2.45, 2.75) is 6.54 Å². The molecule has 0 saturated heterocycles. The Morgan fingerprint density at radius 3 is 2.52 bits per heavy atom. The number of nitro groups is 1. The molecule has 0 spiro atoms. The van der Waals surface area contributed by atoms with Gasteiger partial charge in [-0.25, -0.2) is 0 Å². The lowest BCUT2D eigenvalue weighted by atomic mass is 10.1. The van der Waals surface area contributed by atoms with Gasteiger partial charge in [0.05, 0.1) is 4.92 Å². The Morgan fingerprint density at radius 1 is 1.24 bits per heavy atom. The van der Waals surface area contributed by atoms with E-state index in [1.165, 1.54) is 11.0 Å². The van der Waals surface area contributed by atoms with E-state index in [4.69, 9.17) is 0 Å². The van der Waals surface area contributed by atoms with Gasteiger partial charge in [0, 0.05) is 25.2 Å². The van der Waals surface area contributed by atoms with Gasteiger partial charge < -0.3 is 4.90 Å². The highest BCUT2D eigenvalue weighted by atomic mass is 19.1. The molecule has 0 aromatic heterocycles. The van der Waals surface area contributed by atoms with Crippen LogP contribution in [0.3, 0.4) is 0 Å². The van der Waals surface area contributed by atoms with Crippen LogP contribution in [0, 0.1) is 15.9 Å². The number of rotatable bonds is 4. The Morgan fingerprint density at radius 2 is 1.90 bits per heavy atom. The third-order valence-corrected chi connectivity index (χ3v) is 3.00. The standard InChI is InChI=1S/C15H13FN2O3/c1-17(10-11-5-3-2-4-6-11)15(19)12-7-8-13(16)14(9-12)18(20)21/h2-9H,10H2,1H3. The fourth-order valence-corrected chi connectivity index (χ4v) is 1.94. The van der Waals surface area contributed by atoms with Crippen molar-refractivity contribution in [3.63, 3.8) is 0 Å². The lowest BCUT2D eigenvalue weighted by molar-refractivity contribution is -0.387. The summed E-state index contributed by atoms with van der Waals surface area (Å²) in [4.78, 5) is 23.5. The van der Waals surface area contributed by atoms with E-state index >= 15 is 0 Å². The highest BCUT2D eigenvalue weighted by molar-refractivity contribution is 5.94. The molecule has 108 valence electrons. The minimum absolute atomic E-state index is 0.0848. The Balaban J connectivity index is 2.20. The first-order chi connectivity index (χ1) is 9.99. The molecule has 2 rings (SSSR count). The summed E-state index contributed by atoms with van der Waals surface area (Å²) < 4.78 is 13.3. The Bertz CT molecular complexity index is 674. The number of nitrogens with zero attached hydrogens (tertiary/aromatic N) is 2. The smallest absolute Gasteiger partial charge is 0.305 e. The monoisotopic (exact) mass is 288 g/mol. The molecule has 0 atom stereocenters. The SMILES string of the molecule is CN(Cc1ccccc1)C(=O)c1ccc(F)c([N+](=O)[O-])c1. The largest absolute Gasteiger partial charge is 0.337 e. The second-order valence-corrected chi connectivity index (χ2v) is 4.57. The minimum Gasteiger partial charge on any atom is -0.337 e. The fraction of sp³-hybridized carbons (Fsp3) is 0.133. The van der Waals surface area contributed by atoms with Crippen LogP contribution in [0.4, 0.5) is 10.1 Å². The summed E-state index contributed by atoms with van der Waals surface area (Å²) in [5.74, 6) is -1.36. The topological polar surface area (TPSA) is 63.5 Å². The summed E-state index contributed by atoms with van der Waals surface area (Å²) in [5, 5.41) is 10.7. The maximum Gasteiger partial charge on any atom is 0.305 e. The van der Waals surface area contributed by atoms with E-state index in [9.17, 15) is 19.3 Å². The zero-order valence-electron chi connectivity index (χ0n) is 11.3. The second-order valence-electron chi connectivity index (χ2n) is 4.57. The highest BCUT2D eigenvalue weighted by Gasteiger charge is 2.19. The molecule has 0 fully saturated rings. The van der Waals surface area contributed by atoms with Crippen molar-refractivity contribution in [2.75, 3.05) is 7.05 Å². The molecule has 0 heterocycles. The summed E-state index contributed by atoms with van der Waals surface area (Å²) in [6.45, 7) is 0.366. The molecule has 0 N–H and O–H groups in total. The van der Waals surface area contributed by atoms with Gasteiger partial charge in [-0.2, -0.15) is 4.39 Å². The van der Waals surface area contributed by atoms with Gasteiger partial charge in [-0.1, -0.05) is 30.3 Å². The molecule has 6 heteroatoms. The van der Waals surface area contributed by atoms with Crippen LogP contribution in [-0.4, -0.2) is 22.8 Å². The van der Waals surface area contributed by atoms with Gasteiger partial charge in [0.15, 0.2) is 0 Å². The molecule has 21 heavy (non-hydrogen) atoms. The summed E-state index contributed by atoms with van der Waals surface area (Å²) in [7, 11) is 1.59. The lowest BCUT2D eigenvalue weighted by Gasteiger charge is -2.17. The minimum atomic E-state index is -0.956. The van der Waals surface area contributed by atoms with E-state index in [1.54, 1.807) is 7.05 Å². The van der Waals surface area contributed by atoms with Crippen molar-refractivity contribution < 1.29 is 14.1 Å². The third kappa shape index (κ3) is 3.42. The summed E-state index contributed by atoms with van der Waals surface area (Å²) >= 11 is 0. The fourth-order valence-electron chi connectivity index (χ4n) is 1.94. The zero-order valence-corrected chi connectivity index (χ0v) is 11.3. The normalized spacial score (nSPS) is 10.2. The highest BCUT2D eigenvalue weighted by Crippen LogP contribution is 2.19. The quantitative estimate of drug-likeness (QED) is 0.641. The first-order valence-corrected chi connectivity index (χ1v) is 6.22. The number of carbonyl (C=O) groups is 1. The van der Waals surface area contributed by atoms with Crippen LogP contribution in [0.25, 0.3) is 0 Å². The van der Waals surface area contributed by atoms with Crippen molar-refractivity contribution in [2.24, 2.45) is 0 Å². The molecule has 5 nitrogen and oxygen atoms in total. The van der Waals surface area contributed by atoms with Crippen molar-refractivity contribution in [1.82, 2.24) is 4.90 Å². The predicted octanol–water partition coefficient (Wildman–Crippen LogP) is 3.01. The Labute approximate surface area is 120 Å². The van der Waals surface area contributed by atoms with E-state index in [0.717, 1.165) is 17.7 Å². The average molecular weight is 288 g/mol. The second kappa shape index (κ2) is 6.13. The van der Waals surface area contributed by atoms with Crippen molar-refractivity contribution >= 4 is 11.6 Å². The number of nitro benzene ring substituents is 1. The van der Waals surface area contributed by atoms with Crippen molar-refractivity contribution in [1.29, 1.82) is 0 Å². The lowest BCUT2D eigenvalue weighted by Crippen LogP contribution is -2.26. The van der Waals surface area contributed by atoms with E-state index in [-0.39, 0.29) is 5.56 Å². The molecule has 2 aromatic carbocycles. The molecule has 0 aliphatic rings. The number of amides is 1. The molecule has 0 radical (unpaired) electrons. The van der Waals surface area contributed by atoms with E-state index in [2.05, 4.69) is 0 Å². The number of halogens is 1. The molecule has 0 aliphatic heterocycles. The maximum atomic E-state index is 13.3. The number of benzene rings is 2. The first kappa shape index (κ1) is 14.6. The van der Waals surface area contributed by atoms with E-state index < -0.39 is 22.3 Å². The van der Waals surface area contributed by atoms with Crippen LogP contribution >= 0.6 is 0 Å². The molecule has 0 saturated carbocycles.